The van der Waals surface area contributed by atoms with Crippen molar-refractivity contribution >= 4 is 11.8 Å². The molecule has 1 aromatic heterocycles. The van der Waals surface area contributed by atoms with E-state index in [1.54, 1.807) is 0 Å². The van der Waals surface area contributed by atoms with Crippen molar-refractivity contribution in [3.05, 3.63) is 11.8 Å². The van der Waals surface area contributed by atoms with Gasteiger partial charge < -0.3 is 10.6 Å². The summed E-state index contributed by atoms with van der Waals surface area (Å²) < 4.78 is 0. The van der Waals surface area contributed by atoms with Crippen LogP contribution in [0.5, 0.6) is 0 Å². The smallest absolute Gasteiger partial charge is 0.222 e. The number of nitrogens with two attached hydrogens (primary N) is 1. The quantitative estimate of drug-likeness (QED) is 0.820. The zero-order valence-corrected chi connectivity index (χ0v) is 9.99. The van der Waals surface area contributed by atoms with Crippen molar-refractivity contribution in [2.45, 2.75) is 27.2 Å². The lowest BCUT2D eigenvalue weighted by Gasteiger charge is -2.19. The van der Waals surface area contributed by atoms with Gasteiger partial charge >= 0.3 is 0 Å². The molecule has 0 radical (unpaired) electrons. The van der Waals surface area contributed by atoms with Crippen molar-refractivity contribution in [2.24, 2.45) is 5.92 Å². The maximum Gasteiger partial charge on any atom is 0.222 e. The Bertz CT molecular complexity index is 302. The molecule has 0 aliphatic carbocycles. The molecular formula is C11H20N4. The van der Waals surface area contributed by atoms with Crippen LogP contribution in [-0.4, -0.2) is 23.6 Å². The van der Waals surface area contributed by atoms with Crippen molar-refractivity contribution in [3.8, 4) is 0 Å². The lowest BCUT2D eigenvalue weighted by molar-refractivity contribution is 0.583. The van der Waals surface area contributed by atoms with Gasteiger partial charge in [-0.3, -0.25) is 0 Å². The van der Waals surface area contributed by atoms with Gasteiger partial charge in [-0.05, 0) is 19.3 Å². The Kier molecular flexibility index (Phi) is 3.88. The van der Waals surface area contributed by atoms with Crippen molar-refractivity contribution < 1.29 is 0 Å². The van der Waals surface area contributed by atoms with E-state index < -0.39 is 0 Å². The Balaban J connectivity index is 2.68. The van der Waals surface area contributed by atoms with Crippen molar-refractivity contribution in [1.82, 2.24) is 9.97 Å². The van der Waals surface area contributed by atoms with E-state index in [0.717, 1.165) is 24.5 Å². The molecule has 4 heteroatoms. The van der Waals surface area contributed by atoms with Gasteiger partial charge in [0.05, 0.1) is 0 Å². The zero-order valence-electron chi connectivity index (χ0n) is 9.99. The number of aromatic nitrogens is 2. The number of hydrogen-bond acceptors (Lipinski definition) is 4. The summed E-state index contributed by atoms with van der Waals surface area (Å²) in [4.78, 5) is 10.4. The Morgan fingerprint density at radius 1 is 1.40 bits per heavy atom. The first kappa shape index (κ1) is 11.8. The maximum atomic E-state index is 5.60. The van der Waals surface area contributed by atoms with E-state index in [9.17, 15) is 0 Å². The summed E-state index contributed by atoms with van der Waals surface area (Å²) >= 11 is 0. The highest BCUT2D eigenvalue weighted by molar-refractivity contribution is 5.42. The summed E-state index contributed by atoms with van der Waals surface area (Å²) in [5, 5.41) is 0. The molecule has 0 aromatic carbocycles. The van der Waals surface area contributed by atoms with E-state index in [4.69, 9.17) is 5.73 Å². The molecule has 0 amide bonds. The molecule has 15 heavy (non-hydrogen) atoms. The van der Waals surface area contributed by atoms with E-state index in [-0.39, 0.29) is 0 Å². The normalized spacial score (nSPS) is 10.7. The van der Waals surface area contributed by atoms with E-state index in [1.807, 2.05) is 20.0 Å². The Morgan fingerprint density at radius 3 is 2.60 bits per heavy atom. The van der Waals surface area contributed by atoms with Crippen LogP contribution in [0.15, 0.2) is 6.07 Å². The molecular weight excluding hydrogens is 188 g/mol. The van der Waals surface area contributed by atoms with Crippen LogP contribution in [0.4, 0.5) is 11.8 Å². The lowest BCUT2D eigenvalue weighted by Crippen LogP contribution is -2.21. The number of rotatable bonds is 4. The second-order valence-electron chi connectivity index (χ2n) is 4.33. The summed E-state index contributed by atoms with van der Waals surface area (Å²) in [6, 6.07) is 1.96. The molecule has 0 bridgehead atoms. The predicted molar refractivity (Wildman–Crippen MR) is 63.9 cm³/mol. The van der Waals surface area contributed by atoms with Gasteiger partial charge in [0.15, 0.2) is 0 Å². The molecule has 0 atom stereocenters. The van der Waals surface area contributed by atoms with Crippen LogP contribution in [0, 0.1) is 12.8 Å². The van der Waals surface area contributed by atoms with Gasteiger partial charge in [0.25, 0.3) is 0 Å². The summed E-state index contributed by atoms with van der Waals surface area (Å²) in [5.74, 6) is 1.95. The Hall–Kier alpha value is -1.32. The molecule has 4 nitrogen and oxygen atoms in total. The van der Waals surface area contributed by atoms with E-state index in [0.29, 0.717) is 11.9 Å². The molecule has 0 saturated carbocycles. The highest BCUT2D eigenvalue weighted by Gasteiger charge is 2.05. The third-order valence-corrected chi connectivity index (χ3v) is 2.29. The van der Waals surface area contributed by atoms with Gasteiger partial charge in [-0.25, -0.2) is 4.98 Å². The first-order valence-electron chi connectivity index (χ1n) is 5.31. The average molecular weight is 208 g/mol. The molecule has 2 N–H and O–H groups in total. The zero-order chi connectivity index (χ0) is 11.4. The maximum absolute atomic E-state index is 5.60. The average Bonchev–Trinajstić information content (AvgIpc) is 2.12. The fourth-order valence-corrected chi connectivity index (χ4v) is 1.34. The van der Waals surface area contributed by atoms with Crippen LogP contribution in [0.2, 0.25) is 0 Å². The molecule has 1 aromatic rings. The van der Waals surface area contributed by atoms with Crippen LogP contribution < -0.4 is 10.6 Å². The lowest BCUT2D eigenvalue weighted by atomic mass is 10.1. The number of nitrogen functional groups attached to an aromatic ring is 1. The number of nitrogens with zero attached hydrogens (tertiary/aromatic N) is 3. The minimum Gasteiger partial charge on any atom is -0.368 e. The van der Waals surface area contributed by atoms with Crippen LogP contribution in [0.1, 0.15) is 26.0 Å². The summed E-state index contributed by atoms with van der Waals surface area (Å²) in [6.07, 6.45) is 1.15. The van der Waals surface area contributed by atoms with Gasteiger partial charge in [0.1, 0.15) is 5.82 Å². The summed E-state index contributed by atoms with van der Waals surface area (Å²) in [5.41, 5.74) is 6.52. The van der Waals surface area contributed by atoms with Crippen LogP contribution in [0.3, 0.4) is 0 Å². The third kappa shape index (κ3) is 3.73. The highest BCUT2D eigenvalue weighted by Crippen LogP contribution is 2.13. The number of hydrogen-bond donors (Lipinski definition) is 1. The largest absolute Gasteiger partial charge is 0.368 e. The van der Waals surface area contributed by atoms with E-state index >= 15 is 0 Å². The van der Waals surface area contributed by atoms with Crippen molar-refractivity contribution in [2.75, 3.05) is 24.2 Å². The molecule has 0 spiro atoms. The predicted octanol–water partition coefficient (Wildman–Crippen LogP) is 1.85. The highest BCUT2D eigenvalue weighted by atomic mass is 15.2. The second kappa shape index (κ2) is 4.96. The number of anilines is 2. The molecule has 0 aliphatic heterocycles. The first-order valence-corrected chi connectivity index (χ1v) is 5.31. The molecule has 1 heterocycles. The Morgan fingerprint density at radius 2 is 2.07 bits per heavy atom. The van der Waals surface area contributed by atoms with E-state index in [2.05, 4.69) is 28.7 Å². The van der Waals surface area contributed by atoms with Crippen molar-refractivity contribution in [1.29, 1.82) is 0 Å². The van der Waals surface area contributed by atoms with Gasteiger partial charge in [0, 0.05) is 25.4 Å². The molecule has 0 aliphatic rings. The molecule has 84 valence electrons. The van der Waals surface area contributed by atoms with Crippen molar-refractivity contribution in [3.63, 3.8) is 0 Å². The molecule has 1 rings (SSSR count). The second-order valence-corrected chi connectivity index (χ2v) is 4.33. The number of aryl methyl sites for hydroxylation is 1. The van der Waals surface area contributed by atoms with E-state index in [1.165, 1.54) is 0 Å². The minimum absolute atomic E-state index is 0.349. The standard InChI is InChI=1S/C11H20N4/c1-8(2)5-6-15(4)10-7-9(3)13-11(12)14-10/h7-8H,5-6H2,1-4H3,(H2,12,13,14). The fourth-order valence-electron chi connectivity index (χ4n) is 1.34. The van der Waals surface area contributed by atoms with Gasteiger partial charge in [-0.15, -0.1) is 0 Å². The summed E-state index contributed by atoms with van der Waals surface area (Å²) in [6.45, 7) is 7.35. The minimum atomic E-state index is 0.349. The first-order chi connectivity index (χ1) is 6.99. The topological polar surface area (TPSA) is 55.0 Å². The van der Waals surface area contributed by atoms with Gasteiger partial charge in [-0.1, -0.05) is 13.8 Å². The molecule has 0 unspecified atom stereocenters. The summed E-state index contributed by atoms with van der Waals surface area (Å²) in [7, 11) is 2.03. The SMILES string of the molecule is Cc1cc(N(C)CCC(C)C)nc(N)n1. The Labute approximate surface area is 91.5 Å². The fraction of sp³-hybridized carbons (Fsp3) is 0.636. The van der Waals surface area contributed by atoms with Crippen LogP contribution in [-0.2, 0) is 0 Å². The van der Waals surface area contributed by atoms with Gasteiger partial charge in [-0.2, -0.15) is 4.98 Å². The monoisotopic (exact) mass is 208 g/mol. The third-order valence-electron chi connectivity index (χ3n) is 2.29. The molecule has 0 fully saturated rings. The van der Waals surface area contributed by atoms with Gasteiger partial charge in [0.2, 0.25) is 5.95 Å². The van der Waals surface area contributed by atoms with Crippen LogP contribution >= 0.6 is 0 Å². The van der Waals surface area contributed by atoms with Crippen LogP contribution in [0.25, 0.3) is 0 Å². The molecule has 0 saturated heterocycles.